The number of benzene rings is 1. The van der Waals surface area contributed by atoms with Gasteiger partial charge in [-0.1, -0.05) is 37.6 Å². The molecule has 0 radical (unpaired) electrons. The zero-order valence-corrected chi connectivity index (χ0v) is 12.9. The highest BCUT2D eigenvalue weighted by Gasteiger charge is 2.45. The van der Waals surface area contributed by atoms with E-state index >= 15 is 0 Å². The zero-order chi connectivity index (χ0) is 13.9. The van der Waals surface area contributed by atoms with Crippen molar-refractivity contribution < 1.29 is 0 Å². The molecule has 0 bridgehead atoms. The van der Waals surface area contributed by atoms with Crippen LogP contribution in [0.1, 0.15) is 43.4 Å². The van der Waals surface area contributed by atoms with Gasteiger partial charge in [-0.05, 0) is 51.5 Å². The zero-order valence-electron chi connectivity index (χ0n) is 12.9. The summed E-state index contributed by atoms with van der Waals surface area (Å²) >= 11 is 0. The summed E-state index contributed by atoms with van der Waals surface area (Å²) in [4.78, 5) is 2.40. The smallest absolute Gasteiger partial charge is 0.0410 e. The highest BCUT2D eigenvalue weighted by Crippen LogP contribution is 2.51. The molecule has 2 heteroatoms. The van der Waals surface area contributed by atoms with Crippen molar-refractivity contribution in [2.75, 3.05) is 27.7 Å². The van der Waals surface area contributed by atoms with E-state index < -0.39 is 0 Å². The van der Waals surface area contributed by atoms with E-state index in [-0.39, 0.29) is 0 Å². The molecule has 1 aromatic carbocycles. The molecule has 0 saturated heterocycles. The first-order valence-corrected chi connectivity index (χ1v) is 7.53. The molecule has 2 rings (SSSR count). The second kappa shape index (κ2) is 6.06. The van der Waals surface area contributed by atoms with Crippen molar-refractivity contribution in [2.24, 2.45) is 5.41 Å². The lowest BCUT2D eigenvalue weighted by Crippen LogP contribution is -2.48. The molecule has 1 saturated carbocycles. The maximum Gasteiger partial charge on any atom is 0.0410 e. The molecular formula is C17H28N2. The predicted molar refractivity (Wildman–Crippen MR) is 82.5 cm³/mol. The van der Waals surface area contributed by atoms with E-state index in [9.17, 15) is 0 Å². The Morgan fingerprint density at radius 2 is 1.84 bits per heavy atom. The molecule has 1 atom stereocenters. The molecule has 1 N–H and O–H groups in total. The van der Waals surface area contributed by atoms with Gasteiger partial charge < -0.3 is 10.2 Å². The Kier molecular flexibility index (Phi) is 4.64. The van der Waals surface area contributed by atoms with Crippen molar-refractivity contribution in [3.05, 3.63) is 35.4 Å². The van der Waals surface area contributed by atoms with E-state index in [0.29, 0.717) is 11.5 Å². The molecule has 1 aliphatic carbocycles. The maximum absolute atomic E-state index is 3.41. The van der Waals surface area contributed by atoms with Crippen LogP contribution in [0.5, 0.6) is 0 Å². The van der Waals surface area contributed by atoms with Gasteiger partial charge in [0.25, 0.3) is 0 Å². The maximum atomic E-state index is 3.41. The summed E-state index contributed by atoms with van der Waals surface area (Å²) in [5, 5.41) is 3.41. The third-order valence-corrected chi connectivity index (χ3v) is 4.68. The summed E-state index contributed by atoms with van der Waals surface area (Å²) in [5.74, 6) is 0. The number of hydrogen-bond acceptors (Lipinski definition) is 2. The molecule has 2 nitrogen and oxygen atoms in total. The summed E-state index contributed by atoms with van der Waals surface area (Å²) in [7, 11) is 6.51. The van der Waals surface area contributed by atoms with Crippen molar-refractivity contribution in [3.8, 4) is 0 Å². The quantitative estimate of drug-likeness (QED) is 0.844. The number of aryl methyl sites for hydroxylation is 1. The van der Waals surface area contributed by atoms with Crippen LogP contribution < -0.4 is 5.32 Å². The molecule has 0 spiro atoms. The van der Waals surface area contributed by atoms with Crippen molar-refractivity contribution >= 4 is 0 Å². The largest absolute Gasteiger partial charge is 0.319 e. The van der Waals surface area contributed by atoms with E-state index in [1.165, 1.54) is 30.4 Å². The number of rotatable bonds is 6. The van der Waals surface area contributed by atoms with Gasteiger partial charge in [0.05, 0.1) is 0 Å². The van der Waals surface area contributed by atoms with Gasteiger partial charge in [0, 0.05) is 18.0 Å². The molecule has 106 valence electrons. The molecule has 0 amide bonds. The third-order valence-electron chi connectivity index (χ3n) is 4.68. The summed E-state index contributed by atoms with van der Waals surface area (Å²) < 4.78 is 0. The highest BCUT2D eigenvalue weighted by molar-refractivity contribution is 5.27. The monoisotopic (exact) mass is 260 g/mol. The SMILES string of the molecule is CCc1ccc(C(N(C)C)C2(CNC)CCC2)cc1. The van der Waals surface area contributed by atoms with Crippen LogP contribution in [0.3, 0.4) is 0 Å². The van der Waals surface area contributed by atoms with Crippen LogP contribution >= 0.6 is 0 Å². The van der Waals surface area contributed by atoms with Crippen molar-refractivity contribution in [2.45, 2.75) is 38.6 Å². The number of hydrogen-bond donors (Lipinski definition) is 1. The fraction of sp³-hybridized carbons (Fsp3) is 0.647. The van der Waals surface area contributed by atoms with Crippen molar-refractivity contribution in [3.63, 3.8) is 0 Å². The van der Waals surface area contributed by atoms with Gasteiger partial charge in [0.15, 0.2) is 0 Å². The summed E-state index contributed by atoms with van der Waals surface area (Å²) in [6.07, 6.45) is 5.17. The fourth-order valence-electron chi connectivity index (χ4n) is 3.66. The van der Waals surface area contributed by atoms with Gasteiger partial charge in [-0.25, -0.2) is 0 Å². The van der Waals surface area contributed by atoms with Crippen molar-refractivity contribution in [1.29, 1.82) is 0 Å². The molecular weight excluding hydrogens is 232 g/mol. The predicted octanol–water partition coefficient (Wildman–Crippen LogP) is 3.24. The standard InChI is InChI=1S/C17H28N2/c1-5-14-7-9-15(10-8-14)16(19(3)4)17(13-18-2)11-6-12-17/h7-10,16,18H,5-6,11-13H2,1-4H3. The van der Waals surface area contributed by atoms with Gasteiger partial charge in [-0.2, -0.15) is 0 Å². The minimum Gasteiger partial charge on any atom is -0.319 e. The summed E-state index contributed by atoms with van der Waals surface area (Å²) in [6, 6.07) is 9.77. The van der Waals surface area contributed by atoms with Gasteiger partial charge in [-0.15, -0.1) is 0 Å². The molecule has 1 fully saturated rings. The number of nitrogens with one attached hydrogen (secondary N) is 1. The van der Waals surface area contributed by atoms with E-state index in [1.807, 2.05) is 0 Å². The Labute approximate surface area is 118 Å². The summed E-state index contributed by atoms with van der Waals surface area (Å²) in [5.41, 5.74) is 3.32. The Bertz CT molecular complexity index is 390. The van der Waals surface area contributed by atoms with Gasteiger partial charge in [-0.3, -0.25) is 0 Å². The Morgan fingerprint density at radius 3 is 2.21 bits per heavy atom. The minimum atomic E-state index is 0.423. The van der Waals surface area contributed by atoms with Gasteiger partial charge in [0.1, 0.15) is 0 Å². The van der Waals surface area contributed by atoms with Gasteiger partial charge in [0.2, 0.25) is 0 Å². The minimum absolute atomic E-state index is 0.423. The van der Waals surface area contributed by atoms with Crippen LogP contribution in [0, 0.1) is 5.41 Å². The van der Waals surface area contributed by atoms with Crippen LogP contribution in [-0.2, 0) is 6.42 Å². The Morgan fingerprint density at radius 1 is 1.21 bits per heavy atom. The lowest BCUT2D eigenvalue weighted by Gasteiger charge is -2.50. The average molecular weight is 260 g/mol. The molecule has 1 aromatic rings. The summed E-state index contributed by atoms with van der Waals surface area (Å²) in [6.45, 7) is 3.33. The van der Waals surface area contributed by atoms with Crippen LogP contribution in [0.25, 0.3) is 0 Å². The first-order valence-electron chi connectivity index (χ1n) is 7.53. The van der Waals surface area contributed by atoms with Gasteiger partial charge >= 0.3 is 0 Å². The van der Waals surface area contributed by atoms with E-state index in [0.717, 1.165) is 13.0 Å². The average Bonchev–Trinajstić information content (AvgIpc) is 2.36. The third kappa shape index (κ3) is 2.85. The Hall–Kier alpha value is -0.860. The van der Waals surface area contributed by atoms with E-state index in [1.54, 1.807) is 0 Å². The highest BCUT2D eigenvalue weighted by atomic mass is 15.1. The fourth-order valence-corrected chi connectivity index (χ4v) is 3.66. The van der Waals surface area contributed by atoms with Crippen LogP contribution in [-0.4, -0.2) is 32.6 Å². The normalized spacial score (nSPS) is 19.2. The first kappa shape index (κ1) is 14.5. The molecule has 0 aliphatic heterocycles. The van der Waals surface area contributed by atoms with Crippen LogP contribution in [0.4, 0.5) is 0 Å². The van der Waals surface area contributed by atoms with E-state index in [2.05, 4.69) is 62.5 Å². The lowest BCUT2D eigenvalue weighted by atomic mass is 9.62. The molecule has 0 heterocycles. The Balaban J connectivity index is 2.28. The van der Waals surface area contributed by atoms with Crippen LogP contribution in [0.15, 0.2) is 24.3 Å². The molecule has 19 heavy (non-hydrogen) atoms. The van der Waals surface area contributed by atoms with E-state index in [4.69, 9.17) is 0 Å². The molecule has 1 aliphatic rings. The number of nitrogens with zero attached hydrogens (tertiary/aromatic N) is 1. The topological polar surface area (TPSA) is 15.3 Å². The second-order valence-corrected chi connectivity index (χ2v) is 6.21. The molecule has 1 unspecified atom stereocenters. The lowest BCUT2D eigenvalue weighted by molar-refractivity contribution is 0.0216. The van der Waals surface area contributed by atoms with Crippen molar-refractivity contribution in [1.82, 2.24) is 10.2 Å². The molecule has 0 aromatic heterocycles. The first-order chi connectivity index (χ1) is 9.13. The van der Waals surface area contributed by atoms with Crippen LogP contribution in [0.2, 0.25) is 0 Å². The second-order valence-electron chi connectivity index (χ2n) is 6.21.